The molecule has 1 amide bonds. The summed E-state index contributed by atoms with van der Waals surface area (Å²) >= 11 is 1.50. The van der Waals surface area contributed by atoms with Crippen molar-refractivity contribution >= 4 is 33.1 Å². The summed E-state index contributed by atoms with van der Waals surface area (Å²) in [5, 5.41) is 14.0. The summed E-state index contributed by atoms with van der Waals surface area (Å²) in [5.41, 5.74) is 2.23. The Hall–Kier alpha value is -3.58. The second kappa shape index (κ2) is 7.81. The number of amides is 1. The fourth-order valence-corrected chi connectivity index (χ4v) is 4.05. The number of methoxy groups -OCH3 is 2. The van der Waals surface area contributed by atoms with Crippen LogP contribution in [0.1, 0.15) is 10.4 Å². The van der Waals surface area contributed by atoms with E-state index in [2.05, 4.69) is 10.3 Å². The lowest BCUT2D eigenvalue weighted by Gasteiger charge is -2.13. The number of para-hydroxylation sites is 1. The van der Waals surface area contributed by atoms with E-state index in [1.807, 2.05) is 24.3 Å². The minimum atomic E-state index is -0.397. The van der Waals surface area contributed by atoms with Gasteiger partial charge in [0, 0.05) is 11.8 Å². The highest BCUT2D eigenvalue weighted by atomic mass is 32.1. The molecule has 0 saturated carbocycles. The zero-order valence-corrected chi connectivity index (χ0v) is 16.6. The van der Waals surface area contributed by atoms with E-state index in [1.54, 1.807) is 30.3 Å². The van der Waals surface area contributed by atoms with E-state index < -0.39 is 5.91 Å². The van der Waals surface area contributed by atoms with Gasteiger partial charge in [-0.2, -0.15) is 0 Å². The van der Waals surface area contributed by atoms with E-state index in [4.69, 9.17) is 9.47 Å². The van der Waals surface area contributed by atoms with Gasteiger partial charge >= 0.3 is 0 Å². The fourth-order valence-electron chi connectivity index (χ4n) is 3.05. The predicted molar refractivity (Wildman–Crippen MR) is 114 cm³/mol. The van der Waals surface area contributed by atoms with E-state index in [-0.39, 0.29) is 11.3 Å². The quantitative estimate of drug-likeness (QED) is 0.491. The first kappa shape index (κ1) is 18.8. The van der Waals surface area contributed by atoms with Crippen LogP contribution in [0.3, 0.4) is 0 Å². The van der Waals surface area contributed by atoms with Crippen LogP contribution in [0, 0.1) is 0 Å². The largest absolute Gasteiger partial charge is 0.507 e. The first-order valence-corrected chi connectivity index (χ1v) is 9.63. The maximum Gasteiger partial charge on any atom is 0.263 e. The maximum atomic E-state index is 12.8. The number of benzene rings is 3. The number of hydrogen-bond donors (Lipinski definition) is 2. The smallest absolute Gasteiger partial charge is 0.263 e. The number of thiazole rings is 1. The molecule has 0 aliphatic carbocycles. The number of aromatic nitrogens is 1. The Kier molecular flexibility index (Phi) is 5.05. The lowest BCUT2D eigenvalue weighted by Crippen LogP contribution is -2.14. The Labute approximate surface area is 171 Å². The van der Waals surface area contributed by atoms with Crippen molar-refractivity contribution in [1.29, 1.82) is 0 Å². The van der Waals surface area contributed by atoms with Gasteiger partial charge in [0.2, 0.25) is 0 Å². The summed E-state index contributed by atoms with van der Waals surface area (Å²) in [6, 6.07) is 17.9. The molecule has 4 aromatic rings. The van der Waals surface area contributed by atoms with Gasteiger partial charge in [-0.3, -0.25) is 4.79 Å². The van der Waals surface area contributed by atoms with Crippen molar-refractivity contribution in [2.24, 2.45) is 0 Å². The van der Waals surface area contributed by atoms with Gasteiger partial charge < -0.3 is 19.9 Å². The molecule has 1 heterocycles. The molecule has 0 atom stereocenters. The number of fused-ring (bicyclic) bond motifs is 1. The average molecular weight is 406 g/mol. The number of carbonyl (C=O) groups is 1. The van der Waals surface area contributed by atoms with E-state index in [9.17, 15) is 9.90 Å². The minimum Gasteiger partial charge on any atom is -0.507 e. The molecule has 29 heavy (non-hydrogen) atoms. The highest BCUT2D eigenvalue weighted by Crippen LogP contribution is 2.37. The van der Waals surface area contributed by atoms with E-state index >= 15 is 0 Å². The van der Waals surface area contributed by atoms with Crippen molar-refractivity contribution in [3.63, 3.8) is 0 Å². The van der Waals surface area contributed by atoms with Crippen LogP contribution in [-0.4, -0.2) is 30.2 Å². The molecule has 0 saturated heterocycles. The summed E-state index contributed by atoms with van der Waals surface area (Å²) < 4.78 is 11.6. The third kappa shape index (κ3) is 3.60. The normalized spacial score (nSPS) is 10.7. The lowest BCUT2D eigenvalue weighted by atomic mass is 10.1. The second-order valence-electron chi connectivity index (χ2n) is 6.21. The Bertz CT molecular complexity index is 1150. The Morgan fingerprint density at radius 3 is 2.38 bits per heavy atom. The van der Waals surface area contributed by atoms with Gasteiger partial charge in [0.15, 0.2) is 0 Å². The number of hydrogen-bond acceptors (Lipinski definition) is 6. The molecule has 3 aromatic carbocycles. The Balaban J connectivity index is 1.63. The SMILES string of the molecule is COc1cccc(OC)c1C(=O)Nc1ccc(-c2nc3ccccc3s2)c(O)c1. The average Bonchev–Trinajstić information content (AvgIpc) is 3.16. The molecular formula is C22H18N2O4S. The van der Waals surface area contributed by atoms with Gasteiger partial charge in [-0.15, -0.1) is 11.3 Å². The fraction of sp³-hybridized carbons (Fsp3) is 0.0909. The number of phenols is 1. The van der Waals surface area contributed by atoms with Crippen LogP contribution in [-0.2, 0) is 0 Å². The van der Waals surface area contributed by atoms with Gasteiger partial charge in [-0.25, -0.2) is 4.98 Å². The number of aromatic hydroxyl groups is 1. The molecule has 0 aliphatic heterocycles. The van der Waals surface area contributed by atoms with E-state index in [0.29, 0.717) is 27.8 Å². The molecule has 7 heteroatoms. The maximum absolute atomic E-state index is 12.8. The zero-order valence-electron chi connectivity index (χ0n) is 15.8. The molecule has 0 radical (unpaired) electrons. The molecular weight excluding hydrogens is 388 g/mol. The predicted octanol–water partition coefficient (Wildman–Crippen LogP) is 4.94. The van der Waals surface area contributed by atoms with Crippen molar-refractivity contribution in [1.82, 2.24) is 4.98 Å². The molecule has 4 rings (SSSR count). The lowest BCUT2D eigenvalue weighted by molar-refractivity contribution is 0.102. The van der Waals surface area contributed by atoms with Crippen LogP contribution in [0.15, 0.2) is 60.7 Å². The van der Waals surface area contributed by atoms with E-state index in [0.717, 1.165) is 10.2 Å². The second-order valence-corrected chi connectivity index (χ2v) is 7.24. The topological polar surface area (TPSA) is 80.7 Å². The van der Waals surface area contributed by atoms with Crippen LogP contribution < -0.4 is 14.8 Å². The Morgan fingerprint density at radius 1 is 1.00 bits per heavy atom. The molecule has 2 N–H and O–H groups in total. The van der Waals surface area contributed by atoms with Gasteiger partial charge in [-0.1, -0.05) is 18.2 Å². The number of nitrogens with one attached hydrogen (secondary N) is 1. The summed E-state index contributed by atoms with van der Waals surface area (Å²) in [4.78, 5) is 17.4. The molecule has 0 aliphatic rings. The molecule has 6 nitrogen and oxygen atoms in total. The molecule has 0 spiro atoms. The number of phenolic OH excluding ortho intramolecular Hbond substituents is 1. The number of rotatable bonds is 5. The van der Waals surface area contributed by atoms with Crippen LogP contribution >= 0.6 is 11.3 Å². The zero-order chi connectivity index (χ0) is 20.4. The van der Waals surface area contributed by atoms with Crippen molar-refractivity contribution in [3.05, 3.63) is 66.2 Å². The third-order valence-electron chi connectivity index (χ3n) is 4.43. The number of carbonyl (C=O) groups excluding carboxylic acids is 1. The van der Waals surface area contributed by atoms with Crippen molar-refractivity contribution < 1.29 is 19.4 Å². The number of anilines is 1. The van der Waals surface area contributed by atoms with Crippen LogP contribution in [0.25, 0.3) is 20.8 Å². The molecule has 1 aromatic heterocycles. The van der Waals surface area contributed by atoms with Gasteiger partial charge in [0.05, 0.1) is 30.0 Å². The summed E-state index contributed by atoms with van der Waals surface area (Å²) in [5.74, 6) is 0.439. The molecule has 0 bridgehead atoms. The molecule has 0 fully saturated rings. The van der Waals surface area contributed by atoms with Crippen molar-refractivity contribution in [2.45, 2.75) is 0 Å². The van der Waals surface area contributed by atoms with Gasteiger partial charge in [-0.05, 0) is 36.4 Å². The van der Waals surface area contributed by atoms with Crippen molar-refractivity contribution in [2.75, 3.05) is 19.5 Å². The first-order valence-electron chi connectivity index (χ1n) is 8.82. The first-order chi connectivity index (χ1) is 14.1. The highest BCUT2D eigenvalue weighted by molar-refractivity contribution is 7.21. The molecule has 146 valence electrons. The van der Waals surface area contributed by atoms with E-state index in [1.165, 1.54) is 31.6 Å². The summed E-state index contributed by atoms with van der Waals surface area (Å²) in [6.45, 7) is 0. The summed E-state index contributed by atoms with van der Waals surface area (Å²) in [6.07, 6.45) is 0. The molecule has 0 unspecified atom stereocenters. The third-order valence-corrected chi connectivity index (χ3v) is 5.50. The van der Waals surface area contributed by atoms with Crippen LogP contribution in [0.2, 0.25) is 0 Å². The van der Waals surface area contributed by atoms with Crippen LogP contribution in [0.5, 0.6) is 17.2 Å². The highest BCUT2D eigenvalue weighted by Gasteiger charge is 2.19. The number of ether oxygens (including phenoxy) is 2. The van der Waals surface area contributed by atoms with Gasteiger partial charge in [0.1, 0.15) is 27.8 Å². The number of nitrogens with zero attached hydrogens (tertiary/aromatic N) is 1. The monoisotopic (exact) mass is 406 g/mol. The van der Waals surface area contributed by atoms with Crippen LogP contribution in [0.4, 0.5) is 5.69 Å². The van der Waals surface area contributed by atoms with Gasteiger partial charge in [0.25, 0.3) is 5.91 Å². The Morgan fingerprint density at radius 2 is 1.72 bits per heavy atom. The van der Waals surface area contributed by atoms with Crippen molar-refractivity contribution in [3.8, 4) is 27.8 Å². The minimum absolute atomic E-state index is 0.0360. The summed E-state index contributed by atoms with van der Waals surface area (Å²) in [7, 11) is 2.98. The standard InChI is InChI=1S/C22H18N2O4S/c1-27-17-7-5-8-18(28-2)20(17)21(26)23-13-10-11-14(16(25)12-13)22-24-15-6-3-4-9-19(15)29-22/h3-12,25H,1-2H3,(H,23,26).